The van der Waals surface area contributed by atoms with Crippen molar-refractivity contribution in [2.75, 3.05) is 27.9 Å². The Bertz CT molecular complexity index is 717. The molecular weight excluding hydrogens is 342 g/mol. The molecule has 0 saturated heterocycles. The van der Waals surface area contributed by atoms with Crippen molar-refractivity contribution >= 4 is 23.2 Å². The van der Waals surface area contributed by atoms with Crippen LogP contribution in [0.15, 0.2) is 29.6 Å². The van der Waals surface area contributed by atoms with Gasteiger partial charge in [0.15, 0.2) is 6.61 Å². The van der Waals surface area contributed by atoms with Crippen LogP contribution in [0.1, 0.15) is 20.8 Å². The summed E-state index contributed by atoms with van der Waals surface area (Å²) in [4.78, 5) is 26.9. The first-order valence-electron chi connectivity index (χ1n) is 7.62. The van der Waals surface area contributed by atoms with Crippen LogP contribution >= 0.6 is 11.3 Å². The predicted octanol–water partition coefficient (Wildman–Crippen LogP) is 2.89. The minimum Gasteiger partial charge on any atom is -0.496 e. The second-order valence-corrected chi connectivity index (χ2v) is 6.44. The third-order valence-corrected chi connectivity index (χ3v) is 4.57. The quantitative estimate of drug-likeness (QED) is 0.708. The minimum atomic E-state index is -0.602. The second-order valence-electron chi connectivity index (χ2n) is 5.41. The van der Waals surface area contributed by atoms with E-state index in [4.69, 9.17) is 14.2 Å². The first-order chi connectivity index (χ1) is 12.0. The number of rotatable bonds is 7. The molecule has 1 aromatic heterocycles. The first-order valence-corrected chi connectivity index (χ1v) is 8.50. The number of benzene rings is 1. The number of esters is 1. The van der Waals surface area contributed by atoms with Crippen molar-refractivity contribution in [1.82, 2.24) is 4.90 Å². The summed E-state index contributed by atoms with van der Waals surface area (Å²) in [5, 5.41) is 1.95. The number of hydrogen-bond donors (Lipinski definition) is 0. The van der Waals surface area contributed by atoms with Crippen LogP contribution in [0.5, 0.6) is 11.5 Å². The number of likely N-dealkylation sites (N-methyl/N-ethyl adjacent to an activating group) is 1. The second kappa shape index (κ2) is 8.53. The number of carbonyl (C=O) groups is 2. The molecule has 0 N–H and O–H groups in total. The Morgan fingerprint density at radius 2 is 1.80 bits per heavy atom. The normalized spacial score (nSPS) is 10.2. The van der Waals surface area contributed by atoms with Crippen molar-refractivity contribution in [2.45, 2.75) is 13.5 Å². The molecule has 0 radical (unpaired) electrons. The van der Waals surface area contributed by atoms with Crippen LogP contribution in [0.2, 0.25) is 0 Å². The smallest absolute Gasteiger partial charge is 0.338 e. The van der Waals surface area contributed by atoms with E-state index in [-0.39, 0.29) is 18.1 Å². The molecule has 2 aromatic rings. The van der Waals surface area contributed by atoms with E-state index >= 15 is 0 Å². The van der Waals surface area contributed by atoms with Crippen molar-refractivity contribution in [3.05, 3.63) is 45.6 Å². The van der Waals surface area contributed by atoms with Gasteiger partial charge in [0.1, 0.15) is 11.5 Å². The summed E-state index contributed by atoms with van der Waals surface area (Å²) in [7, 11) is 4.70. The number of ether oxygens (including phenoxy) is 3. The van der Waals surface area contributed by atoms with Gasteiger partial charge >= 0.3 is 5.97 Å². The SMILES string of the molecule is COc1cc(C(=O)OCC(=O)N(C)Cc2cccs2)cc(OC)c1C. The fraction of sp³-hybridized carbons (Fsp3) is 0.333. The average molecular weight is 363 g/mol. The highest BCUT2D eigenvalue weighted by molar-refractivity contribution is 7.09. The Morgan fingerprint density at radius 1 is 1.16 bits per heavy atom. The molecule has 0 fully saturated rings. The lowest BCUT2D eigenvalue weighted by atomic mass is 10.1. The van der Waals surface area contributed by atoms with Gasteiger partial charge in [0.25, 0.3) is 5.91 Å². The lowest BCUT2D eigenvalue weighted by Gasteiger charge is -2.16. The van der Waals surface area contributed by atoms with Crippen molar-refractivity contribution in [3.8, 4) is 11.5 Å². The van der Waals surface area contributed by atoms with Crippen LogP contribution in [-0.4, -0.2) is 44.7 Å². The molecule has 7 heteroatoms. The van der Waals surface area contributed by atoms with E-state index in [1.165, 1.54) is 19.1 Å². The first kappa shape index (κ1) is 18.8. The molecule has 2 rings (SSSR count). The van der Waals surface area contributed by atoms with Crippen molar-refractivity contribution in [3.63, 3.8) is 0 Å². The molecule has 1 aromatic carbocycles. The molecule has 1 heterocycles. The summed E-state index contributed by atoms with van der Waals surface area (Å²) in [5.41, 5.74) is 1.06. The molecule has 0 unspecified atom stereocenters. The average Bonchev–Trinajstić information content (AvgIpc) is 3.12. The molecule has 0 aliphatic heterocycles. The van der Waals surface area contributed by atoms with E-state index in [9.17, 15) is 9.59 Å². The summed E-state index contributed by atoms with van der Waals surface area (Å²) >= 11 is 1.57. The zero-order valence-corrected chi connectivity index (χ0v) is 15.5. The molecule has 0 spiro atoms. The van der Waals surface area contributed by atoms with E-state index in [2.05, 4.69) is 0 Å². The summed E-state index contributed by atoms with van der Waals surface area (Å²) in [6.07, 6.45) is 0. The zero-order chi connectivity index (χ0) is 18.4. The summed E-state index contributed by atoms with van der Waals surface area (Å²) in [6.45, 7) is 2.00. The van der Waals surface area contributed by atoms with E-state index in [0.717, 1.165) is 10.4 Å². The van der Waals surface area contributed by atoms with Gasteiger partial charge in [0.2, 0.25) is 0 Å². The number of thiophene rings is 1. The van der Waals surface area contributed by atoms with Gasteiger partial charge in [0.05, 0.1) is 26.3 Å². The number of amides is 1. The van der Waals surface area contributed by atoms with Gasteiger partial charge in [-0.2, -0.15) is 0 Å². The fourth-order valence-electron chi connectivity index (χ4n) is 2.25. The fourth-order valence-corrected chi connectivity index (χ4v) is 3.01. The maximum absolute atomic E-state index is 12.2. The highest BCUT2D eigenvalue weighted by Crippen LogP contribution is 2.29. The topological polar surface area (TPSA) is 65.1 Å². The minimum absolute atomic E-state index is 0.271. The lowest BCUT2D eigenvalue weighted by Crippen LogP contribution is -2.30. The predicted molar refractivity (Wildman–Crippen MR) is 95.4 cm³/mol. The van der Waals surface area contributed by atoms with Crippen molar-refractivity contribution < 1.29 is 23.8 Å². The summed E-state index contributed by atoms with van der Waals surface area (Å²) in [6, 6.07) is 7.02. The maximum Gasteiger partial charge on any atom is 0.338 e. The molecule has 25 heavy (non-hydrogen) atoms. The van der Waals surface area contributed by atoms with Gasteiger partial charge in [-0.1, -0.05) is 6.07 Å². The molecular formula is C18H21NO5S. The van der Waals surface area contributed by atoms with Crippen molar-refractivity contribution in [1.29, 1.82) is 0 Å². The van der Waals surface area contributed by atoms with E-state index in [0.29, 0.717) is 18.0 Å². The van der Waals surface area contributed by atoms with E-state index in [1.54, 1.807) is 30.5 Å². The van der Waals surface area contributed by atoms with Crippen LogP contribution in [-0.2, 0) is 16.1 Å². The highest BCUT2D eigenvalue weighted by Gasteiger charge is 2.17. The molecule has 6 nitrogen and oxygen atoms in total. The van der Waals surface area contributed by atoms with Crippen LogP contribution in [0, 0.1) is 6.92 Å². The van der Waals surface area contributed by atoms with Crippen LogP contribution in [0.4, 0.5) is 0 Å². The molecule has 134 valence electrons. The molecule has 0 bridgehead atoms. The number of hydrogen-bond acceptors (Lipinski definition) is 6. The van der Waals surface area contributed by atoms with Gasteiger partial charge in [-0.05, 0) is 30.5 Å². The van der Waals surface area contributed by atoms with Gasteiger partial charge in [-0.15, -0.1) is 11.3 Å². The Balaban J connectivity index is 1.98. The van der Waals surface area contributed by atoms with E-state index in [1.807, 2.05) is 24.4 Å². The Hall–Kier alpha value is -2.54. The number of methoxy groups -OCH3 is 2. The van der Waals surface area contributed by atoms with Gasteiger partial charge in [-0.25, -0.2) is 4.79 Å². The van der Waals surface area contributed by atoms with Crippen LogP contribution in [0.3, 0.4) is 0 Å². The molecule has 1 amide bonds. The Kier molecular flexibility index (Phi) is 6.41. The lowest BCUT2D eigenvalue weighted by molar-refractivity contribution is -0.133. The number of nitrogens with zero attached hydrogens (tertiary/aromatic N) is 1. The monoisotopic (exact) mass is 363 g/mol. The standard InChI is InChI=1S/C18H21NO5S/c1-12-15(22-3)8-13(9-16(12)23-4)18(21)24-11-17(20)19(2)10-14-6-5-7-25-14/h5-9H,10-11H2,1-4H3. The number of carbonyl (C=O) groups excluding carboxylic acids is 2. The molecule has 0 aliphatic rings. The molecule has 0 atom stereocenters. The van der Waals surface area contributed by atoms with Gasteiger partial charge < -0.3 is 19.1 Å². The van der Waals surface area contributed by atoms with Crippen LogP contribution in [0.25, 0.3) is 0 Å². The summed E-state index contributed by atoms with van der Waals surface area (Å²) < 4.78 is 15.6. The Labute approximate surface area is 150 Å². The largest absolute Gasteiger partial charge is 0.496 e. The van der Waals surface area contributed by atoms with E-state index < -0.39 is 5.97 Å². The highest BCUT2D eigenvalue weighted by atomic mass is 32.1. The van der Waals surface area contributed by atoms with Crippen molar-refractivity contribution in [2.24, 2.45) is 0 Å². The molecule has 0 aliphatic carbocycles. The van der Waals surface area contributed by atoms with Crippen LogP contribution < -0.4 is 9.47 Å². The molecule has 0 saturated carbocycles. The van der Waals surface area contributed by atoms with Gasteiger partial charge in [0, 0.05) is 17.5 Å². The third-order valence-electron chi connectivity index (χ3n) is 3.71. The third kappa shape index (κ3) is 4.73. The Morgan fingerprint density at radius 3 is 2.32 bits per heavy atom. The van der Waals surface area contributed by atoms with Gasteiger partial charge in [-0.3, -0.25) is 4.79 Å². The maximum atomic E-state index is 12.2. The zero-order valence-electron chi connectivity index (χ0n) is 14.7. The summed E-state index contributed by atoms with van der Waals surface area (Å²) in [5.74, 6) is 0.169.